The highest BCUT2D eigenvalue weighted by molar-refractivity contribution is 5.93. The molecule has 2 heterocycles. The van der Waals surface area contributed by atoms with Gasteiger partial charge in [-0.1, -0.05) is 50.5 Å². The van der Waals surface area contributed by atoms with Gasteiger partial charge in [-0.3, -0.25) is 0 Å². The van der Waals surface area contributed by atoms with E-state index in [1.165, 1.54) is 12.8 Å². The molecule has 1 aliphatic heterocycles. The van der Waals surface area contributed by atoms with Crippen molar-refractivity contribution in [2.24, 2.45) is 4.99 Å². The number of rotatable bonds is 9. The maximum atomic E-state index is 4.71. The van der Waals surface area contributed by atoms with Crippen molar-refractivity contribution in [1.29, 1.82) is 0 Å². The second kappa shape index (κ2) is 11.7. The first kappa shape index (κ1) is 21.3. The molecule has 148 valence electrons. The lowest BCUT2D eigenvalue weighted by atomic mass is 10.2. The third kappa shape index (κ3) is 6.63. The first-order valence-electron chi connectivity index (χ1n) is 9.67. The molecule has 1 aromatic heterocycles. The van der Waals surface area contributed by atoms with Gasteiger partial charge in [0.2, 0.25) is 0 Å². The Bertz CT molecular complexity index is 782. The summed E-state index contributed by atoms with van der Waals surface area (Å²) in [5, 5.41) is 0. The average Bonchev–Trinajstić information content (AvgIpc) is 3.26. The lowest BCUT2D eigenvalue weighted by Crippen LogP contribution is -2.35. The highest BCUT2D eigenvalue weighted by atomic mass is 15.4. The second-order valence-corrected chi connectivity index (χ2v) is 6.22. The van der Waals surface area contributed by atoms with Crippen molar-refractivity contribution in [1.82, 2.24) is 20.8 Å². The Kier molecular flexibility index (Phi) is 8.88. The summed E-state index contributed by atoms with van der Waals surface area (Å²) in [6.45, 7) is 14.4. The molecular weight excluding hydrogens is 348 g/mol. The summed E-state index contributed by atoms with van der Waals surface area (Å²) in [5.41, 5.74) is 7.03. The fourth-order valence-corrected chi connectivity index (χ4v) is 2.68. The maximum Gasteiger partial charge on any atom is 0.160 e. The van der Waals surface area contributed by atoms with Gasteiger partial charge in [-0.25, -0.2) is 20.4 Å². The molecule has 0 radical (unpaired) electrons. The zero-order chi connectivity index (χ0) is 20.2. The Hall–Kier alpha value is -2.99. The molecule has 2 rings (SSSR count). The summed E-state index contributed by atoms with van der Waals surface area (Å²) in [6, 6.07) is 1.92. The number of nitrogens with zero attached hydrogens (tertiary/aromatic N) is 4. The highest BCUT2D eigenvalue weighted by Gasteiger charge is 2.15. The first-order valence-corrected chi connectivity index (χ1v) is 9.67. The summed E-state index contributed by atoms with van der Waals surface area (Å²) in [7, 11) is 0. The molecule has 0 aromatic carbocycles. The Morgan fingerprint density at radius 3 is 2.68 bits per heavy atom. The minimum atomic E-state index is 0.592. The van der Waals surface area contributed by atoms with Gasteiger partial charge in [0.05, 0.1) is 0 Å². The van der Waals surface area contributed by atoms with Crippen molar-refractivity contribution in [3.8, 4) is 0 Å². The van der Waals surface area contributed by atoms with Crippen molar-refractivity contribution in [3.63, 3.8) is 0 Å². The number of aromatic nitrogens is 2. The Balaban J connectivity index is 2.38. The van der Waals surface area contributed by atoms with Crippen molar-refractivity contribution >= 4 is 23.5 Å². The molecule has 6 nitrogen and oxygen atoms in total. The number of hydrogen-bond donors (Lipinski definition) is 2. The van der Waals surface area contributed by atoms with Crippen molar-refractivity contribution in [3.05, 3.63) is 67.1 Å². The van der Waals surface area contributed by atoms with Gasteiger partial charge in [0.25, 0.3) is 0 Å². The van der Waals surface area contributed by atoms with Gasteiger partial charge in [0.15, 0.2) is 11.6 Å². The van der Waals surface area contributed by atoms with Crippen LogP contribution in [0.3, 0.4) is 0 Å². The average molecular weight is 379 g/mol. The number of aliphatic imine (C=N–C) groups is 1. The fourth-order valence-electron chi connectivity index (χ4n) is 2.68. The lowest BCUT2D eigenvalue weighted by molar-refractivity contribution is 0.686. The molecule has 0 spiro atoms. The van der Waals surface area contributed by atoms with Crippen LogP contribution < -0.4 is 15.8 Å². The molecule has 1 aliphatic rings. The molecule has 0 amide bonds. The van der Waals surface area contributed by atoms with Crippen LogP contribution in [0.25, 0.3) is 6.08 Å². The van der Waals surface area contributed by atoms with Gasteiger partial charge in [0, 0.05) is 25.7 Å². The molecule has 1 fully saturated rings. The third-order valence-electron chi connectivity index (χ3n) is 4.11. The third-order valence-corrected chi connectivity index (χ3v) is 4.11. The summed E-state index contributed by atoms with van der Waals surface area (Å²) in [5.74, 6) is 2.72. The van der Waals surface area contributed by atoms with Crippen LogP contribution in [0, 0.1) is 0 Å². The lowest BCUT2D eigenvalue weighted by Gasteiger charge is -2.17. The van der Waals surface area contributed by atoms with Crippen molar-refractivity contribution in [2.75, 3.05) is 24.5 Å². The standard InChI is InChI=1S/C22H30N6/c1-5-9-12-18(6-2)13-14-20-25-21(24-19(7-3)27-23-8-4)17-22(26-20)28-15-10-11-16-28/h5-7,9,12-14,17,23H,2-3,8,10-11,15-16H2,1,4H3,(H,24,25,26,27)/b9-5-,14-13+,18-12+. The molecule has 2 N–H and O–H groups in total. The molecule has 0 atom stereocenters. The van der Waals surface area contributed by atoms with Crippen LogP contribution in [-0.4, -0.2) is 35.4 Å². The summed E-state index contributed by atoms with van der Waals surface area (Å²) >= 11 is 0. The van der Waals surface area contributed by atoms with E-state index in [0.717, 1.165) is 31.0 Å². The molecule has 1 saturated heterocycles. The zero-order valence-corrected chi connectivity index (χ0v) is 16.9. The van der Waals surface area contributed by atoms with Crippen molar-refractivity contribution in [2.45, 2.75) is 26.7 Å². The van der Waals surface area contributed by atoms with E-state index in [2.05, 4.69) is 38.9 Å². The van der Waals surface area contributed by atoms with E-state index < -0.39 is 0 Å². The number of amidine groups is 1. The quantitative estimate of drug-likeness (QED) is 0.293. The van der Waals surface area contributed by atoms with Crippen LogP contribution in [0.4, 0.5) is 11.6 Å². The SMILES string of the molecule is C=CC(/C=C/c1nc(/N=C(\C=C)NNCC)cc(N2CCCC2)n1)=C\C=C/C. The zero-order valence-electron chi connectivity index (χ0n) is 16.9. The monoisotopic (exact) mass is 378 g/mol. The topological polar surface area (TPSA) is 65.4 Å². The minimum Gasteiger partial charge on any atom is -0.356 e. The van der Waals surface area contributed by atoms with Gasteiger partial charge in [0.1, 0.15) is 11.7 Å². The van der Waals surface area contributed by atoms with E-state index in [4.69, 9.17) is 4.98 Å². The summed E-state index contributed by atoms with van der Waals surface area (Å²) in [6.07, 6.45) is 15.6. The van der Waals surface area contributed by atoms with Crippen LogP contribution >= 0.6 is 0 Å². The van der Waals surface area contributed by atoms with Crippen LogP contribution in [0.2, 0.25) is 0 Å². The second-order valence-electron chi connectivity index (χ2n) is 6.22. The number of hydrogen-bond acceptors (Lipinski definition) is 5. The molecule has 0 saturated carbocycles. The van der Waals surface area contributed by atoms with E-state index >= 15 is 0 Å². The van der Waals surface area contributed by atoms with E-state index in [1.54, 1.807) is 12.2 Å². The largest absolute Gasteiger partial charge is 0.356 e. The smallest absolute Gasteiger partial charge is 0.160 e. The normalized spacial score (nSPS) is 15.6. The van der Waals surface area contributed by atoms with E-state index in [-0.39, 0.29) is 0 Å². The van der Waals surface area contributed by atoms with Crippen LogP contribution in [0.15, 0.2) is 66.2 Å². The Morgan fingerprint density at radius 2 is 2.04 bits per heavy atom. The summed E-state index contributed by atoms with van der Waals surface area (Å²) < 4.78 is 0. The minimum absolute atomic E-state index is 0.592. The predicted molar refractivity (Wildman–Crippen MR) is 120 cm³/mol. The molecule has 0 unspecified atom stereocenters. The van der Waals surface area contributed by atoms with Gasteiger partial charge >= 0.3 is 0 Å². The number of anilines is 1. The molecule has 6 heteroatoms. The molecule has 1 aromatic rings. The highest BCUT2D eigenvalue weighted by Crippen LogP contribution is 2.23. The van der Waals surface area contributed by atoms with Gasteiger partial charge < -0.3 is 10.3 Å². The number of hydrazine groups is 1. The van der Waals surface area contributed by atoms with Crippen LogP contribution in [0.1, 0.15) is 32.5 Å². The van der Waals surface area contributed by atoms with E-state index in [1.807, 2.05) is 50.3 Å². The predicted octanol–water partition coefficient (Wildman–Crippen LogP) is 4.11. The van der Waals surface area contributed by atoms with Crippen LogP contribution in [-0.2, 0) is 0 Å². The van der Waals surface area contributed by atoms with Gasteiger partial charge in [-0.2, -0.15) is 0 Å². The summed E-state index contributed by atoms with van der Waals surface area (Å²) in [4.78, 5) is 16.1. The molecular formula is C22H30N6. The number of allylic oxidation sites excluding steroid dienone is 6. The van der Waals surface area contributed by atoms with Gasteiger partial charge in [-0.05, 0) is 37.5 Å². The van der Waals surface area contributed by atoms with Gasteiger partial charge in [-0.15, -0.1) is 0 Å². The Morgan fingerprint density at radius 1 is 1.25 bits per heavy atom. The maximum absolute atomic E-state index is 4.71. The Labute approximate surface area is 168 Å². The van der Waals surface area contributed by atoms with Crippen molar-refractivity contribution < 1.29 is 0 Å². The molecule has 28 heavy (non-hydrogen) atoms. The fraction of sp³-hybridized carbons (Fsp3) is 0.318. The van der Waals surface area contributed by atoms with E-state index in [0.29, 0.717) is 17.5 Å². The number of nitrogens with one attached hydrogen (secondary N) is 2. The van der Waals surface area contributed by atoms with E-state index in [9.17, 15) is 0 Å². The molecule has 0 aliphatic carbocycles. The first-order chi connectivity index (χ1) is 13.7. The van der Waals surface area contributed by atoms with Crippen LogP contribution in [0.5, 0.6) is 0 Å². The molecule has 0 bridgehead atoms.